The van der Waals surface area contributed by atoms with E-state index in [1.54, 1.807) is 16.0 Å². The normalized spacial score (nSPS) is 22.2. The number of ether oxygens (including phenoxy) is 1. The van der Waals surface area contributed by atoms with Crippen LogP contribution in [-0.4, -0.2) is 39.9 Å². The Morgan fingerprint density at radius 1 is 1.00 bits per heavy atom. The van der Waals surface area contributed by atoms with Crippen molar-refractivity contribution in [1.29, 1.82) is 0 Å². The molecular formula is C27H23F2N3O4. The summed E-state index contributed by atoms with van der Waals surface area (Å²) in [6.07, 6.45) is 6.81. The second-order valence-corrected chi connectivity index (χ2v) is 9.24. The molecule has 1 amide bonds. The molecule has 0 radical (unpaired) electrons. The van der Waals surface area contributed by atoms with Gasteiger partial charge in [-0.2, -0.15) is 4.39 Å². The Hall–Kier alpha value is -4.14. The first-order valence-electron chi connectivity index (χ1n) is 11.8. The Kier molecular flexibility index (Phi) is 5.28. The molecule has 9 heteroatoms. The van der Waals surface area contributed by atoms with Gasteiger partial charge in [0.2, 0.25) is 11.2 Å². The Morgan fingerprint density at radius 2 is 1.78 bits per heavy atom. The molecule has 6 rings (SSSR count). The van der Waals surface area contributed by atoms with E-state index < -0.39 is 34.8 Å². The summed E-state index contributed by atoms with van der Waals surface area (Å²) in [6.45, 7) is 0.0633. The number of hydrogen-bond donors (Lipinski definition) is 1. The second kappa shape index (κ2) is 8.51. The topological polar surface area (TPSA) is 75.0 Å². The Bertz CT molecular complexity index is 1430. The number of amides is 1. The molecule has 1 unspecified atom stereocenters. The quantitative estimate of drug-likeness (QED) is 0.554. The van der Waals surface area contributed by atoms with Crippen LogP contribution >= 0.6 is 0 Å². The first kappa shape index (κ1) is 22.3. The number of aromatic nitrogens is 1. The van der Waals surface area contributed by atoms with Crippen LogP contribution in [0.3, 0.4) is 0 Å². The maximum atomic E-state index is 15.1. The fraction of sp³-hybridized carbons (Fsp3) is 0.259. The van der Waals surface area contributed by atoms with Gasteiger partial charge in [0, 0.05) is 17.8 Å². The SMILES string of the molecule is O=C1c2c(O)c(=O)ccn2N2CN1C(C1CC1)/C=C/COc1c(ccc(F)c1F)[C@@H]2c1ccccc1. The minimum atomic E-state index is -1.10. The average Bonchev–Trinajstić information content (AvgIpc) is 3.72. The van der Waals surface area contributed by atoms with E-state index in [1.807, 2.05) is 36.4 Å². The monoisotopic (exact) mass is 491 g/mol. The van der Waals surface area contributed by atoms with Crippen molar-refractivity contribution in [2.45, 2.75) is 24.9 Å². The lowest BCUT2D eigenvalue weighted by molar-refractivity contribution is 0.0610. The highest BCUT2D eigenvalue weighted by Gasteiger charge is 2.44. The molecule has 3 heterocycles. The highest BCUT2D eigenvalue weighted by atomic mass is 19.2. The van der Waals surface area contributed by atoms with Gasteiger partial charge in [0.1, 0.15) is 19.3 Å². The molecule has 3 aromatic rings. The third-order valence-corrected chi connectivity index (χ3v) is 7.00. The molecule has 184 valence electrons. The van der Waals surface area contributed by atoms with E-state index >= 15 is 4.39 Å². The van der Waals surface area contributed by atoms with Crippen LogP contribution in [0.4, 0.5) is 8.78 Å². The molecule has 1 aliphatic carbocycles. The molecule has 1 saturated carbocycles. The molecular weight excluding hydrogens is 468 g/mol. The number of aromatic hydroxyl groups is 1. The number of hydrogen-bond acceptors (Lipinski definition) is 5. The highest BCUT2D eigenvalue weighted by molar-refractivity contribution is 5.96. The molecule has 0 spiro atoms. The largest absolute Gasteiger partial charge is 0.502 e. The van der Waals surface area contributed by atoms with Gasteiger partial charge in [-0.25, -0.2) is 4.39 Å². The molecule has 7 nitrogen and oxygen atoms in total. The smallest absolute Gasteiger partial charge is 0.278 e. The van der Waals surface area contributed by atoms with Gasteiger partial charge in [0.05, 0.1) is 6.04 Å². The number of halogens is 2. The number of fused-ring (bicyclic) bond motifs is 5. The van der Waals surface area contributed by atoms with Crippen LogP contribution in [0.15, 0.2) is 71.7 Å². The van der Waals surface area contributed by atoms with Gasteiger partial charge >= 0.3 is 0 Å². The Morgan fingerprint density at radius 3 is 2.53 bits per heavy atom. The predicted molar refractivity (Wildman–Crippen MR) is 127 cm³/mol. The zero-order valence-corrected chi connectivity index (χ0v) is 19.2. The first-order valence-corrected chi connectivity index (χ1v) is 11.8. The van der Waals surface area contributed by atoms with Gasteiger partial charge in [0.25, 0.3) is 5.91 Å². The Labute approximate surface area is 205 Å². The number of rotatable bonds is 2. The molecule has 2 aromatic carbocycles. The van der Waals surface area contributed by atoms with Crippen molar-refractivity contribution in [1.82, 2.24) is 9.58 Å². The number of pyridine rings is 1. The lowest BCUT2D eigenvalue weighted by Gasteiger charge is -2.46. The van der Waals surface area contributed by atoms with E-state index in [0.717, 1.165) is 24.5 Å². The van der Waals surface area contributed by atoms with Crippen molar-refractivity contribution < 1.29 is 23.4 Å². The van der Waals surface area contributed by atoms with E-state index in [1.165, 1.54) is 23.0 Å². The maximum Gasteiger partial charge on any atom is 0.278 e. The average molecular weight is 491 g/mol. The van der Waals surface area contributed by atoms with Gasteiger partial charge in [-0.05, 0) is 42.5 Å². The van der Waals surface area contributed by atoms with E-state index in [0.29, 0.717) is 5.56 Å². The van der Waals surface area contributed by atoms with Gasteiger partial charge in [-0.15, -0.1) is 0 Å². The molecule has 36 heavy (non-hydrogen) atoms. The molecule has 2 atom stereocenters. The molecule has 2 bridgehead atoms. The van der Waals surface area contributed by atoms with E-state index in [2.05, 4.69) is 0 Å². The summed E-state index contributed by atoms with van der Waals surface area (Å²) in [6, 6.07) is 11.8. The number of benzene rings is 2. The predicted octanol–water partition coefficient (Wildman–Crippen LogP) is 3.70. The molecule has 0 saturated heterocycles. The molecule has 2 aliphatic heterocycles. The van der Waals surface area contributed by atoms with Crippen molar-refractivity contribution in [2.24, 2.45) is 5.92 Å². The fourth-order valence-electron chi connectivity index (χ4n) is 5.13. The summed E-state index contributed by atoms with van der Waals surface area (Å²) in [5.41, 5.74) is 0.226. The van der Waals surface area contributed by atoms with E-state index in [-0.39, 0.29) is 36.7 Å². The van der Waals surface area contributed by atoms with E-state index in [4.69, 9.17) is 4.74 Å². The lowest BCUT2D eigenvalue weighted by atomic mass is 9.96. The van der Waals surface area contributed by atoms with Gasteiger partial charge in [0.15, 0.2) is 23.0 Å². The van der Waals surface area contributed by atoms with E-state index in [9.17, 15) is 19.1 Å². The minimum absolute atomic E-state index is 0.0177. The number of carbonyl (C=O) groups is 1. The zero-order chi connectivity index (χ0) is 25.0. The van der Waals surface area contributed by atoms with Crippen molar-refractivity contribution in [3.8, 4) is 11.5 Å². The lowest BCUT2D eigenvalue weighted by Crippen LogP contribution is -2.58. The fourth-order valence-corrected chi connectivity index (χ4v) is 5.13. The summed E-state index contributed by atoms with van der Waals surface area (Å²) in [5.74, 6) is -3.28. The summed E-state index contributed by atoms with van der Waals surface area (Å²) in [5, 5.41) is 12.5. The van der Waals surface area contributed by atoms with Gasteiger partial charge in [-0.1, -0.05) is 36.4 Å². The standard InChI is InChI=1S/C27H23F2N3O4/c28-19-11-10-18-23(17-5-2-1-3-6-17)32-15-30(27(35)24-25(34)21(33)12-13-31(24)32)20(16-8-9-16)7-4-14-36-26(18)22(19)29/h1-7,10-13,16,20,23,34H,8-9,14-15H2/b7-4+/t20?,23-/m0/s1. The molecule has 1 aromatic heterocycles. The van der Waals surface area contributed by atoms with Crippen LogP contribution in [0, 0.1) is 17.6 Å². The summed E-state index contributed by atoms with van der Waals surface area (Å²) in [4.78, 5) is 27.7. The highest BCUT2D eigenvalue weighted by Crippen LogP contribution is 2.42. The van der Waals surface area contributed by atoms with Crippen LogP contribution in [0.25, 0.3) is 0 Å². The van der Waals surface area contributed by atoms with Crippen LogP contribution < -0.4 is 15.2 Å². The van der Waals surface area contributed by atoms with Gasteiger partial charge < -0.3 is 14.7 Å². The van der Waals surface area contributed by atoms with Crippen LogP contribution in [0.2, 0.25) is 0 Å². The van der Waals surface area contributed by atoms with Crippen molar-refractivity contribution >= 4 is 5.91 Å². The number of nitrogens with zero attached hydrogens (tertiary/aromatic N) is 3. The molecule has 3 aliphatic rings. The third-order valence-electron chi connectivity index (χ3n) is 7.00. The minimum Gasteiger partial charge on any atom is -0.502 e. The maximum absolute atomic E-state index is 15.1. The summed E-state index contributed by atoms with van der Waals surface area (Å²) in [7, 11) is 0. The molecule has 1 N–H and O–H groups in total. The molecule has 1 fully saturated rings. The zero-order valence-electron chi connectivity index (χ0n) is 19.2. The first-order chi connectivity index (χ1) is 17.5. The Balaban J connectivity index is 1.65. The second-order valence-electron chi connectivity index (χ2n) is 9.24. The van der Waals surface area contributed by atoms with Gasteiger partial charge in [-0.3, -0.25) is 19.3 Å². The summed E-state index contributed by atoms with van der Waals surface area (Å²) >= 11 is 0. The third kappa shape index (κ3) is 3.54. The van der Waals surface area contributed by atoms with Crippen LogP contribution in [0.1, 0.15) is 40.5 Å². The van der Waals surface area contributed by atoms with Crippen LogP contribution in [-0.2, 0) is 0 Å². The van der Waals surface area contributed by atoms with Crippen molar-refractivity contribution in [3.05, 3.63) is 106 Å². The van der Waals surface area contributed by atoms with Crippen molar-refractivity contribution in [2.75, 3.05) is 18.3 Å². The van der Waals surface area contributed by atoms with Crippen molar-refractivity contribution in [3.63, 3.8) is 0 Å². The number of carbonyl (C=O) groups excluding carboxylic acids is 1. The summed E-state index contributed by atoms with van der Waals surface area (Å²) < 4.78 is 36.7. The van der Waals surface area contributed by atoms with Crippen LogP contribution in [0.5, 0.6) is 11.5 Å².